The van der Waals surface area contributed by atoms with E-state index < -0.39 is 0 Å². The summed E-state index contributed by atoms with van der Waals surface area (Å²) in [5.74, 6) is -0.225. The number of hydrogen-bond donors (Lipinski definition) is 1. The minimum atomic E-state index is -0.225. The average Bonchev–Trinajstić information content (AvgIpc) is 3.24. The molecule has 1 aromatic heterocycles. The van der Waals surface area contributed by atoms with Gasteiger partial charge in [-0.2, -0.15) is 0 Å². The molecule has 0 radical (unpaired) electrons. The molecule has 0 aliphatic carbocycles. The number of likely N-dealkylation sites (tertiary alicyclic amines) is 1. The molecular formula is C19H18FN3S2. The van der Waals surface area contributed by atoms with E-state index in [0.29, 0.717) is 16.4 Å². The van der Waals surface area contributed by atoms with Gasteiger partial charge in [-0.05, 0) is 61.8 Å². The third-order valence-electron chi connectivity index (χ3n) is 4.53. The molecule has 25 heavy (non-hydrogen) atoms. The zero-order valence-electron chi connectivity index (χ0n) is 13.8. The fourth-order valence-corrected chi connectivity index (χ4v) is 4.62. The van der Waals surface area contributed by atoms with E-state index in [2.05, 4.69) is 16.3 Å². The zero-order valence-corrected chi connectivity index (χ0v) is 15.5. The van der Waals surface area contributed by atoms with Gasteiger partial charge >= 0.3 is 0 Å². The van der Waals surface area contributed by atoms with Crippen LogP contribution in [0.2, 0.25) is 0 Å². The van der Waals surface area contributed by atoms with E-state index in [0.717, 1.165) is 29.9 Å². The molecule has 1 fully saturated rings. The van der Waals surface area contributed by atoms with Crippen molar-refractivity contribution in [1.82, 2.24) is 9.88 Å². The van der Waals surface area contributed by atoms with Crippen LogP contribution < -0.4 is 5.32 Å². The average molecular weight is 372 g/mol. The highest BCUT2D eigenvalue weighted by Gasteiger charge is 2.30. The minimum absolute atomic E-state index is 0.188. The lowest BCUT2D eigenvalue weighted by atomic mass is 10.2. The summed E-state index contributed by atoms with van der Waals surface area (Å²) in [6, 6.07) is 13.5. The van der Waals surface area contributed by atoms with Crippen LogP contribution in [-0.2, 0) is 0 Å². The number of thiazole rings is 1. The molecule has 2 aromatic carbocycles. The number of thiocarbonyl (C=S) groups is 1. The van der Waals surface area contributed by atoms with Crippen molar-refractivity contribution in [2.45, 2.75) is 25.8 Å². The first-order chi connectivity index (χ1) is 12.1. The lowest BCUT2D eigenvalue weighted by molar-refractivity contribution is 0.405. The van der Waals surface area contributed by atoms with Gasteiger partial charge in [-0.25, -0.2) is 9.37 Å². The van der Waals surface area contributed by atoms with Gasteiger partial charge in [0.25, 0.3) is 0 Å². The second-order valence-corrected chi connectivity index (χ2v) is 7.71. The third kappa shape index (κ3) is 3.24. The number of fused-ring (bicyclic) bond motifs is 1. The second-order valence-electron chi connectivity index (χ2n) is 6.27. The maximum Gasteiger partial charge on any atom is 0.174 e. The summed E-state index contributed by atoms with van der Waals surface area (Å²) < 4.78 is 15.0. The van der Waals surface area contributed by atoms with Crippen LogP contribution in [0.5, 0.6) is 0 Å². The number of halogens is 1. The van der Waals surface area contributed by atoms with Crippen LogP contribution in [0.3, 0.4) is 0 Å². The molecule has 0 bridgehead atoms. The smallest absolute Gasteiger partial charge is 0.174 e. The Hall–Kier alpha value is -2.05. The van der Waals surface area contributed by atoms with Crippen molar-refractivity contribution in [3.63, 3.8) is 0 Å². The zero-order chi connectivity index (χ0) is 17.4. The van der Waals surface area contributed by atoms with Crippen LogP contribution in [-0.4, -0.2) is 21.5 Å². The van der Waals surface area contributed by atoms with Crippen molar-refractivity contribution in [3.8, 4) is 0 Å². The van der Waals surface area contributed by atoms with Crippen molar-refractivity contribution < 1.29 is 4.39 Å². The molecule has 2 heterocycles. The number of rotatable bonds is 2. The van der Waals surface area contributed by atoms with Crippen molar-refractivity contribution in [1.29, 1.82) is 0 Å². The molecule has 128 valence electrons. The Bertz CT molecular complexity index is 904. The first-order valence-electron chi connectivity index (χ1n) is 8.31. The summed E-state index contributed by atoms with van der Waals surface area (Å²) in [7, 11) is 0. The quantitative estimate of drug-likeness (QED) is 0.621. The molecule has 3 nitrogen and oxygen atoms in total. The lowest BCUT2D eigenvalue weighted by Crippen LogP contribution is -2.34. The van der Waals surface area contributed by atoms with E-state index in [9.17, 15) is 4.39 Å². The maximum absolute atomic E-state index is 13.8. The molecular weight excluding hydrogens is 353 g/mol. The van der Waals surface area contributed by atoms with Crippen LogP contribution in [0.4, 0.5) is 10.1 Å². The molecule has 6 heteroatoms. The number of nitrogens with zero attached hydrogens (tertiary/aromatic N) is 2. The number of nitrogens with one attached hydrogen (secondary N) is 1. The highest BCUT2D eigenvalue weighted by molar-refractivity contribution is 7.80. The summed E-state index contributed by atoms with van der Waals surface area (Å²) in [6.45, 7) is 2.64. The van der Waals surface area contributed by atoms with Crippen molar-refractivity contribution >= 4 is 44.6 Å². The fourth-order valence-electron chi connectivity index (χ4n) is 3.16. The first kappa shape index (κ1) is 16.4. The molecule has 0 unspecified atom stereocenters. The minimum Gasteiger partial charge on any atom is -0.340 e. The van der Waals surface area contributed by atoms with Gasteiger partial charge in [-0.3, -0.25) is 0 Å². The molecule has 0 amide bonds. The topological polar surface area (TPSA) is 28.2 Å². The Kier molecular flexibility index (Phi) is 4.39. The van der Waals surface area contributed by atoms with Crippen LogP contribution in [0.25, 0.3) is 10.2 Å². The Balaban J connectivity index is 1.56. The van der Waals surface area contributed by atoms with Gasteiger partial charge in [0, 0.05) is 12.2 Å². The summed E-state index contributed by atoms with van der Waals surface area (Å²) >= 11 is 7.33. The van der Waals surface area contributed by atoms with E-state index in [1.165, 1.54) is 10.8 Å². The Labute approximate surface area is 155 Å². The van der Waals surface area contributed by atoms with Gasteiger partial charge in [-0.1, -0.05) is 18.2 Å². The van der Waals surface area contributed by atoms with E-state index >= 15 is 0 Å². The van der Waals surface area contributed by atoms with Crippen LogP contribution in [0.1, 0.15) is 29.5 Å². The van der Waals surface area contributed by atoms with Gasteiger partial charge in [0.15, 0.2) is 5.11 Å². The molecule has 1 N–H and O–H groups in total. The van der Waals surface area contributed by atoms with E-state index in [-0.39, 0.29) is 11.9 Å². The largest absolute Gasteiger partial charge is 0.340 e. The summed E-state index contributed by atoms with van der Waals surface area (Å²) in [5, 5.41) is 4.90. The van der Waals surface area contributed by atoms with Crippen molar-refractivity contribution in [3.05, 3.63) is 58.9 Å². The van der Waals surface area contributed by atoms with Gasteiger partial charge in [0.05, 0.1) is 16.3 Å². The van der Waals surface area contributed by atoms with Crippen molar-refractivity contribution in [2.75, 3.05) is 11.9 Å². The highest BCUT2D eigenvalue weighted by atomic mass is 32.1. The molecule has 0 spiro atoms. The Morgan fingerprint density at radius 3 is 2.96 bits per heavy atom. The fraction of sp³-hybridized carbons (Fsp3) is 0.263. The van der Waals surface area contributed by atoms with E-state index in [1.807, 2.05) is 24.3 Å². The number of hydrogen-bond acceptors (Lipinski definition) is 3. The number of benzene rings is 2. The van der Waals surface area contributed by atoms with Crippen LogP contribution in [0.15, 0.2) is 42.5 Å². The molecule has 1 saturated heterocycles. The number of para-hydroxylation sites is 1. The number of aromatic nitrogens is 1. The van der Waals surface area contributed by atoms with Crippen LogP contribution in [0, 0.1) is 12.7 Å². The molecule has 0 saturated carbocycles. The van der Waals surface area contributed by atoms with Gasteiger partial charge in [0.1, 0.15) is 10.8 Å². The Morgan fingerprint density at radius 1 is 1.32 bits per heavy atom. The Morgan fingerprint density at radius 2 is 2.16 bits per heavy atom. The van der Waals surface area contributed by atoms with Gasteiger partial charge < -0.3 is 10.2 Å². The number of aryl methyl sites for hydroxylation is 1. The SMILES string of the molecule is Cc1ccc(NC(=S)N2CCC[C@H]2c2nc3ccccc3s2)cc1F. The van der Waals surface area contributed by atoms with Crippen molar-refractivity contribution in [2.24, 2.45) is 0 Å². The third-order valence-corrected chi connectivity index (χ3v) is 6.01. The normalized spacial score (nSPS) is 17.2. The standard InChI is InChI=1S/C19H18FN3S2/c1-12-8-9-13(11-14(12)20)21-19(24)23-10-4-6-16(23)18-22-15-5-2-3-7-17(15)25-18/h2-3,5,7-9,11,16H,4,6,10H2,1H3,(H,21,24)/t16-/m0/s1. The second kappa shape index (κ2) is 6.69. The van der Waals surface area contributed by atoms with Gasteiger partial charge in [-0.15, -0.1) is 11.3 Å². The highest BCUT2D eigenvalue weighted by Crippen LogP contribution is 2.36. The molecule has 3 aromatic rings. The summed E-state index contributed by atoms with van der Waals surface area (Å²) in [4.78, 5) is 6.96. The van der Waals surface area contributed by atoms with Gasteiger partial charge in [0.2, 0.25) is 0 Å². The molecule has 4 rings (SSSR count). The summed E-state index contributed by atoms with van der Waals surface area (Å²) in [5.41, 5.74) is 2.35. The number of anilines is 1. The summed E-state index contributed by atoms with van der Waals surface area (Å²) in [6.07, 6.45) is 2.11. The first-order valence-corrected chi connectivity index (χ1v) is 9.53. The predicted octanol–water partition coefficient (Wildman–Crippen LogP) is 5.28. The molecule has 1 aliphatic rings. The molecule has 1 aliphatic heterocycles. The molecule has 1 atom stereocenters. The maximum atomic E-state index is 13.8. The van der Waals surface area contributed by atoms with E-state index in [4.69, 9.17) is 17.2 Å². The van der Waals surface area contributed by atoms with Crippen LogP contribution >= 0.6 is 23.6 Å². The predicted molar refractivity (Wildman–Crippen MR) is 106 cm³/mol. The monoisotopic (exact) mass is 371 g/mol. The van der Waals surface area contributed by atoms with E-state index in [1.54, 1.807) is 24.3 Å². The lowest BCUT2D eigenvalue weighted by Gasteiger charge is -2.26.